The molecule has 0 unspecified atom stereocenters. The molecule has 2 amide bonds. The standard InChI is InChI=1S/C29H29Cl2N3O6S/c1-14-24-23(15(2)36)28(38)34(24)25(29(39)40)26(14)41-21-10-22(27(37)32-20-5-3-4-16(8-20)13-35)33(12-21)11-17-6-18(30)9-19(31)7-17/h3-9,13-15,21-24,36H,10-12H2,1-2H3,(H,32,37)(H,39,40)/t14-,15-,21+,22+,23-,24-/m1/s1. The first-order chi connectivity index (χ1) is 19.5. The molecule has 3 aliphatic rings. The molecule has 0 radical (unpaired) electrons. The van der Waals surface area contributed by atoms with Crippen molar-refractivity contribution >= 4 is 64.7 Å². The van der Waals surface area contributed by atoms with Crippen LogP contribution in [0.15, 0.2) is 53.1 Å². The number of aliphatic hydroxyl groups excluding tert-OH is 1. The number of thioether (sulfide) groups is 1. The first-order valence-corrected chi connectivity index (χ1v) is 14.8. The number of hydrogen-bond acceptors (Lipinski definition) is 7. The van der Waals surface area contributed by atoms with Crippen molar-refractivity contribution in [3.63, 3.8) is 0 Å². The normalized spacial score (nSPS) is 26.5. The molecule has 3 aliphatic heterocycles. The van der Waals surface area contributed by atoms with Crippen LogP contribution in [0.4, 0.5) is 5.69 Å². The highest BCUT2D eigenvalue weighted by Gasteiger charge is 2.60. The number of fused-ring (bicyclic) bond motifs is 1. The molecule has 12 heteroatoms. The maximum Gasteiger partial charge on any atom is 0.353 e. The summed E-state index contributed by atoms with van der Waals surface area (Å²) in [5, 5.41) is 23.9. The first kappa shape index (κ1) is 29.6. The molecule has 0 aromatic heterocycles. The third-order valence-corrected chi connectivity index (χ3v) is 9.80. The highest BCUT2D eigenvalue weighted by atomic mass is 35.5. The van der Waals surface area contributed by atoms with E-state index in [0.29, 0.717) is 52.0 Å². The van der Waals surface area contributed by atoms with Crippen molar-refractivity contribution in [1.29, 1.82) is 0 Å². The van der Waals surface area contributed by atoms with Crippen molar-refractivity contribution in [3.8, 4) is 0 Å². The van der Waals surface area contributed by atoms with Crippen molar-refractivity contribution in [2.75, 3.05) is 11.9 Å². The monoisotopic (exact) mass is 617 g/mol. The Morgan fingerprint density at radius 2 is 1.90 bits per heavy atom. The molecule has 2 saturated heterocycles. The van der Waals surface area contributed by atoms with Gasteiger partial charge >= 0.3 is 5.97 Å². The zero-order valence-corrected chi connectivity index (χ0v) is 24.6. The number of likely N-dealkylation sites (tertiary alicyclic amines) is 1. The number of benzene rings is 2. The number of anilines is 1. The molecule has 0 bridgehead atoms. The second-order valence-corrected chi connectivity index (χ2v) is 12.9. The number of aliphatic carboxylic acids is 1. The van der Waals surface area contributed by atoms with Crippen LogP contribution < -0.4 is 5.32 Å². The summed E-state index contributed by atoms with van der Waals surface area (Å²) in [6.07, 6.45) is 0.238. The van der Waals surface area contributed by atoms with E-state index in [1.54, 1.807) is 49.4 Å². The van der Waals surface area contributed by atoms with Gasteiger partial charge in [-0.25, -0.2) is 4.79 Å². The summed E-state index contributed by atoms with van der Waals surface area (Å²) in [7, 11) is 0. The van der Waals surface area contributed by atoms with Gasteiger partial charge in [0.25, 0.3) is 0 Å². The fourth-order valence-corrected chi connectivity index (χ4v) is 8.23. The van der Waals surface area contributed by atoms with Gasteiger partial charge in [-0.15, -0.1) is 11.8 Å². The minimum absolute atomic E-state index is 0.0406. The molecule has 3 heterocycles. The predicted molar refractivity (Wildman–Crippen MR) is 157 cm³/mol. The maximum atomic E-state index is 13.6. The summed E-state index contributed by atoms with van der Waals surface area (Å²) < 4.78 is 0. The van der Waals surface area contributed by atoms with Crippen LogP contribution in [0.5, 0.6) is 0 Å². The van der Waals surface area contributed by atoms with E-state index in [1.165, 1.54) is 16.7 Å². The Bertz CT molecular complexity index is 1430. The SMILES string of the molecule is C[C@@H](O)[C@H]1C(=O)N2C(C(=O)O)=C(S[C@H]3C[C@@H](C(=O)Nc4cccc(C=O)c4)N(Cc4cc(Cl)cc(Cl)c4)C3)[C@H](C)[C@H]12. The molecule has 5 rings (SSSR count). The number of β-lactam (4-membered cyclic amide) rings is 1. The summed E-state index contributed by atoms with van der Waals surface area (Å²) in [5.74, 6) is -2.75. The Hall–Kier alpha value is -2.89. The lowest BCUT2D eigenvalue weighted by atomic mass is 9.79. The third kappa shape index (κ3) is 5.76. The van der Waals surface area contributed by atoms with Gasteiger partial charge in [0.2, 0.25) is 11.8 Å². The Morgan fingerprint density at radius 1 is 1.20 bits per heavy atom. The second-order valence-electron chi connectivity index (χ2n) is 10.7. The number of carboxylic acid groups (broad SMARTS) is 1. The van der Waals surface area contributed by atoms with Crippen LogP contribution >= 0.6 is 35.0 Å². The van der Waals surface area contributed by atoms with Gasteiger partial charge in [0.15, 0.2) is 0 Å². The van der Waals surface area contributed by atoms with Crippen LogP contribution in [0.25, 0.3) is 0 Å². The van der Waals surface area contributed by atoms with Gasteiger partial charge in [-0.1, -0.05) is 42.3 Å². The van der Waals surface area contributed by atoms with Crippen molar-refractivity contribution in [3.05, 3.63) is 74.2 Å². The zero-order valence-electron chi connectivity index (χ0n) is 22.3. The van der Waals surface area contributed by atoms with E-state index in [9.17, 15) is 29.4 Å². The smallest absolute Gasteiger partial charge is 0.353 e. The number of nitrogens with zero attached hydrogens (tertiary/aromatic N) is 2. The number of aldehydes is 1. The quantitative estimate of drug-likeness (QED) is 0.281. The molecule has 41 heavy (non-hydrogen) atoms. The van der Waals surface area contributed by atoms with E-state index in [-0.39, 0.29) is 28.7 Å². The van der Waals surface area contributed by atoms with Crippen molar-refractivity contribution < 1.29 is 29.4 Å². The lowest BCUT2D eigenvalue weighted by Crippen LogP contribution is -2.63. The summed E-state index contributed by atoms with van der Waals surface area (Å²) >= 11 is 13.8. The first-order valence-electron chi connectivity index (χ1n) is 13.2. The summed E-state index contributed by atoms with van der Waals surface area (Å²) in [6.45, 7) is 4.26. The van der Waals surface area contributed by atoms with E-state index >= 15 is 0 Å². The van der Waals surface area contributed by atoms with E-state index in [0.717, 1.165) is 5.56 Å². The van der Waals surface area contributed by atoms with Gasteiger partial charge in [0.1, 0.15) is 12.0 Å². The third-order valence-electron chi connectivity index (χ3n) is 7.87. The molecule has 2 aromatic carbocycles. The number of nitrogens with one attached hydrogen (secondary N) is 1. The molecular formula is C29H29Cl2N3O6S. The van der Waals surface area contributed by atoms with E-state index in [4.69, 9.17) is 23.2 Å². The van der Waals surface area contributed by atoms with E-state index < -0.39 is 30.1 Å². The molecule has 0 spiro atoms. The van der Waals surface area contributed by atoms with Crippen LogP contribution in [0.2, 0.25) is 10.0 Å². The average Bonchev–Trinajstić information content (AvgIpc) is 3.40. The minimum atomic E-state index is -1.19. The fourth-order valence-electron chi connectivity index (χ4n) is 6.10. The van der Waals surface area contributed by atoms with Crippen molar-refractivity contribution in [2.45, 2.75) is 50.3 Å². The van der Waals surface area contributed by atoms with E-state index in [2.05, 4.69) is 5.32 Å². The van der Waals surface area contributed by atoms with Gasteiger partial charge in [-0.3, -0.25) is 19.3 Å². The largest absolute Gasteiger partial charge is 0.477 e. The summed E-state index contributed by atoms with van der Waals surface area (Å²) in [4.78, 5) is 53.7. The van der Waals surface area contributed by atoms with Gasteiger partial charge in [-0.05, 0) is 49.2 Å². The Kier molecular flexibility index (Phi) is 8.50. The number of carbonyl (C=O) groups is 4. The van der Waals surface area contributed by atoms with Crippen molar-refractivity contribution in [2.24, 2.45) is 11.8 Å². The fraction of sp³-hybridized carbons (Fsp3) is 0.379. The number of amides is 2. The van der Waals surface area contributed by atoms with Gasteiger partial charge in [0.05, 0.1) is 24.1 Å². The van der Waals surface area contributed by atoms with Crippen LogP contribution in [-0.4, -0.2) is 74.1 Å². The molecule has 9 nitrogen and oxygen atoms in total. The van der Waals surface area contributed by atoms with Gasteiger partial charge in [-0.2, -0.15) is 0 Å². The molecule has 2 fully saturated rings. The second kappa shape index (κ2) is 11.8. The highest BCUT2D eigenvalue weighted by Crippen LogP contribution is 2.52. The number of rotatable bonds is 9. The Labute approximate surface area is 251 Å². The number of halogens is 2. The molecular weight excluding hydrogens is 589 g/mol. The Balaban J connectivity index is 1.41. The Morgan fingerprint density at radius 3 is 2.54 bits per heavy atom. The lowest BCUT2D eigenvalue weighted by molar-refractivity contribution is -0.163. The lowest BCUT2D eigenvalue weighted by Gasteiger charge is -2.46. The molecule has 6 atom stereocenters. The van der Waals surface area contributed by atoms with E-state index in [1.807, 2.05) is 11.8 Å². The maximum absolute atomic E-state index is 13.6. The number of aliphatic hydroxyl groups is 1. The molecule has 2 aromatic rings. The molecule has 0 saturated carbocycles. The molecule has 216 valence electrons. The van der Waals surface area contributed by atoms with Crippen LogP contribution in [0.3, 0.4) is 0 Å². The summed E-state index contributed by atoms with van der Waals surface area (Å²) in [6, 6.07) is 10.9. The minimum Gasteiger partial charge on any atom is -0.477 e. The van der Waals surface area contributed by atoms with Crippen LogP contribution in [0, 0.1) is 11.8 Å². The van der Waals surface area contributed by atoms with Gasteiger partial charge in [0, 0.05) is 50.5 Å². The number of hydrogen-bond donors (Lipinski definition) is 3. The van der Waals surface area contributed by atoms with Crippen LogP contribution in [-0.2, 0) is 20.9 Å². The average molecular weight is 619 g/mol. The van der Waals surface area contributed by atoms with Crippen molar-refractivity contribution in [1.82, 2.24) is 9.80 Å². The number of carbonyl (C=O) groups excluding carboxylic acids is 3. The molecule has 0 aliphatic carbocycles. The topological polar surface area (TPSA) is 127 Å². The van der Waals surface area contributed by atoms with Gasteiger partial charge < -0.3 is 20.4 Å². The summed E-state index contributed by atoms with van der Waals surface area (Å²) in [5.41, 5.74) is 1.71. The predicted octanol–water partition coefficient (Wildman–Crippen LogP) is 4.27. The zero-order chi connectivity index (χ0) is 29.6. The number of carboxylic acids is 1. The molecule has 3 N–H and O–H groups in total. The highest BCUT2D eigenvalue weighted by molar-refractivity contribution is 8.03. The van der Waals surface area contributed by atoms with Crippen LogP contribution in [0.1, 0.15) is 36.2 Å².